The molecule has 5 nitrogen and oxygen atoms in total. The predicted molar refractivity (Wildman–Crippen MR) is 79.9 cm³/mol. The molecule has 0 aliphatic rings. The standard InChI is InChI=1S/C15H22N2O3/c1-5-12(4)20-15-8-13(10-16-9-11(2)3)6-7-14(15)17(18)19/h5-8,11-12,16H,1,9-10H2,2-4H3. The molecule has 0 bridgehead atoms. The van der Waals surface area contributed by atoms with Gasteiger partial charge in [0.15, 0.2) is 5.75 Å². The smallest absolute Gasteiger partial charge is 0.310 e. The third kappa shape index (κ3) is 5.01. The molecule has 0 fully saturated rings. The first-order chi connectivity index (χ1) is 9.43. The number of hydrogen-bond donors (Lipinski definition) is 1. The van der Waals surface area contributed by atoms with Gasteiger partial charge in [-0.05, 0) is 31.0 Å². The van der Waals surface area contributed by atoms with E-state index in [4.69, 9.17) is 4.74 Å². The van der Waals surface area contributed by atoms with Gasteiger partial charge in [-0.2, -0.15) is 0 Å². The van der Waals surface area contributed by atoms with Gasteiger partial charge in [0.05, 0.1) is 4.92 Å². The predicted octanol–water partition coefficient (Wildman–Crippen LogP) is 3.29. The Bertz CT molecular complexity index is 472. The molecule has 0 saturated heterocycles. The lowest BCUT2D eigenvalue weighted by atomic mass is 10.1. The van der Waals surface area contributed by atoms with Crippen LogP contribution in [0.4, 0.5) is 5.69 Å². The maximum Gasteiger partial charge on any atom is 0.310 e. The summed E-state index contributed by atoms with van der Waals surface area (Å²) in [5.74, 6) is 0.843. The van der Waals surface area contributed by atoms with Crippen molar-refractivity contribution in [2.75, 3.05) is 6.54 Å². The van der Waals surface area contributed by atoms with Gasteiger partial charge in [0.25, 0.3) is 0 Å². The summed E-state index contributed by atoms with van der Waals surface area (Å²) in [6, 6.07) is 4.94. The van der Waals surface area contributed by atoms with Gasteiger partial charge in [0.2, 0.25) is 0 Å². The van der Waals surface area contributed by atoms with Crippen LogP contribution < -0.4 is 10.1 Å². The summed E-state index contributed by atoms with van der Waals surface area (Å²) in [5.41, 5.74) is 0.939. The fourth-order valence-electron chi connectivity index (χ4n) is 1.67. The van der Waals surface area contributed by atoms with Crippen molar-refractivity contribution >= 4 is 5.69 Å². The van der Waals surface area contributed by atoms with Crippen LogP contribution in [0.1, 0.15) is 26.3 Å². The lowest BCUT2D eigenvalue weighted by Crippen LogP contribution is -2.19. The Balaban J connectivity index is 2.86. The summed E-state index contributed by atoms with van der Waals surface area (Å²) < 4.78 is 5.54. The fraction of sp³-hybridized carbons (Fsp3) is 0.467. The van der Waals surface area contributed by atoms with Crippen molar-refractivity contribution < 1.29 is 9.66 Å². The number of nitrogens with zero attached hydrogens (tertiary/aromatic N) is 1. The number of nitro groups is 1. The van der Waals surface area contributed by atoms with Crippen LogP contribution in [0.15, 0.2) is 30.9 Å². The van der Waals surface area contributed by atoms with E-state index in [0.29, 0.717) is 12.5 Å². The van der Waals surface area contributed by atoms with Crippen LogP contribution in [0.3, 0.4) is 0 Å². The second kappa shape index (κ2) is 7.65. The number of benzene rings is 1. The number of nitro benzene ring substituents is 1. The summed E-state index contributed by atoms with van der Waals surface area (Å²) in [4.78, 5) is 10.6. The topological polar surface area (TPSA) is 64.4 Å². The highest BCUT2D eigenvalue weighted by molar-refractivity contribution is 5.48. The normalized spacial score (nSPS) is 12.2. The molecule has 0 radical (unpaired) electrons. The Kier molecular flexibility index (Phi) is 6.18. The Morgan fingerprint density at radius 3 is 2.70 bits per heavy atom. The van der Waals surface area contributed by atoms with Gasteiger partial charge in [0, 0.05) is 12.6 Å². The van der Waals surface area contributed by atoms with E-state index in [1.165, 1.54) is 6.07 Å². The minimum atomic E-state index is -0.434. The van der Waals surface area contributed by atoms with Crippen LogP contribution in [0, 0.1) is 16.0 Å². The molecule has 1 atom stereocenters. The molecule has 1 rings (SSSR count). The molecule has 0 amide bonds. The summed E-state index contributed by atoms with van der Waals surface area (Å²) in [5, 5.41) is 14.3. The van der Waals surface area contributed by atoms with E-state index in [1.807, 2.05) is 0 Å². The lowest BCUT2D eigenvalue weighted by Gasteiger charge is -2.13. The molecule has 0 heterocycles. The Labute approximate surface area is 119 Å². The van der Waals surface area contributed by atoms with Crippen molar-refractivity contribution in [1.82, 2.24) is 5.32 Å². The molecule has 1 unspecified atom stereocenters. The molecule has 110 valence electrons. The van der Waals surface area contributed by atoms with Crippen LogP contribution >= 0.6 is 0 Å². The van der Waals surface area contributed by atoms with Crippen LogP contribution in [0.2, 0.25) is 0 Å². The van der Waals surface area contributed by atoms with Crippen LogP contribution in [-0.4, -0.2) is 17.6 Å². The van der Waals surface area contributed by atoms with Gasteiger partial charge < -0.3 is 10.1 Å². The van der Waals surface area contributed by atoms with Crippen molar-refractivity contribution in [1.29, 1.82) is 0 Å². The average Bonchev–Trinajstić information content (AvgIpc) is 2.38. The van der Waals surface area contributed by atoms with Gasteiger partial charge in [-0.15, -0.1) is 0 Å². The minimum Gasteiger partial charge on any atom is -0.480 e. The van der Waals surface area contributed by atoms with E-state index in [0.717, 1.165) is 12.1 Å². The molecule has 5 heteroatoms. The van der Waals surface area contributed by atoms with Gasteiger partial charge >= 0.3 is 5.69 Å². The highest BCUT2D eigenvalue weighted by atomic mass is 16.6. The molecule has 0 aromatic heterocycles. The van der Waals surface area contributed by atoms with E-state index in [1.54, 1.807) is 25.1 Å². The van der Waals surface area contributed by atoms with Crippen molar-refractivity contribution in [3.05, 3.63) is 46.5 Å². The van der Waals surface area contributed by atoms with Crippen LogP contribution in [0.5, 0.6) is 5.75 Å². The maximum atomic E-state index is 11.0. The van der Waals surface area contributed by atoms with E-state index >= 15 is 0 Å². The number of rotatable bonds is 8. The number of ether oxygens (including phenoxy) is 1. The Hall–Kier alpha value is -1.88. The molecule has 1 aromatic rings. The Morgan fingerprint density at radius 2 is 2.15 bits per heavy atom. The van der Waals surface area contributed by atoms with Crippen molar-refractivity contribution in [3.8, 4) is 5.75 Å². The third-order valence-electron chi connectivity index (χ3n) is 2.75. The van der Waals surface area contributed by atoms with Gasteiger partial charge in [0.1, 0.15) is 6.10 Å². The average molecular weight is 278 g/mol. The summed E-state index contributed by atoms with van der Waals surface area (Å²) >= 11 is 0. The van der Waals surface area contributed by atoms with Gasteiger partial charge in [-0.25, -0.2) is 0 Å². The van der Waals surface area contributed by atoms with Crippen LogP contribution in [-0.2, 0) is 6.54 Å². The largest absolute Gasteiger partial charge is 0.480 e. The van der Waals surface area contributed by atoms with E-state index in [2.05, 4.69) is 25.7 Å². The molecule has 0 spiro atoms. The summed E-state index contributed by atoms with van der Waals surface area (Å²) in [7, 11) is 0. The quantitative estimate of drug-likeness (QED) is 0.450. The van der Waals surface area contributed by atoms with Crippen molar-refractivity contribution in [2.45, 2.75) is 33.4 Å². The van der Waals surface area contributed by atoms with Crippen molar-refractivity contribution in [2.24, 2.45) is 5.92 Å². The second-order valence-electron chi connectivity index (χ2n) is 5.14. The molecular weight excluding hydrogens is 256 g/mol. The second-order valence-corrected chi connectivity index (χ2v) is 5.14. The highest BCUT2D eigenvalue weighted by Crippen LogP contribution is 2.29. The lowest BCUT2D eigenvalue weighted by molar-refractivity contribution is -0.386. The highest BCUT2D eigenvalue weighted by Gasteiger charge is 2.17. The molecule has 1 aromatic carbocycles. The zero-order valence-electron chi connectivity index (χ0n) is 12.3. The molecule has 0 aliphatic carbocycles. The zero-order chi connectivity index (χ0) is 15.1. The first-order valence-electron chi connectivity index (χ1n) is 6.71. The van der Waals surface area contributed by atoms with E-state index < -0.39 is 4.92 Å². The first kappa shape index (κ1) is 16.2. The van der Waals surface area contributed by atoms with Gasteiger partial charge in [-0.3, -0.25) is 10.1 Å². The monoisotopic (exact) mass is 278 g/mol. The summed E-state index contributed by atoms with van der Waals surface area (Å²) in [6.45, 7) is 11.2. The Morgan fingerprint density at radius 1 is 1.45 bits per heavy atom. The van der Waals surface area contributed by atoms with E-state index in [-0.39, 0.29) is 17.5 Å². The molecular formula is C15H22N2O3. The van der Waals surface area contributed by atoms with E-state index in [9.17, 15) is 10.1 Å². The van der Waals surface area contributed by atoms with Crippen molar-refractivity contribution in [3.63, 3.8) is 0 Å². The number of hydrogen-bond acceptors (Lipinski definition) is 4. The SMILES string of the molecule is C=CC(C)Oc1cc(CNCC(C)C)ccc1[N+](=O)[O-]. The number of nitrogens with one attached hydrogen (secondary N) is 1. The molecule has 20 heavy (non-hydrogen) atoms. The maximum absolute atomic E-state index is 11.0. The first-order valence-corrected chi connectivity index (χ1v) is 6.71. The minimum absolute atomic E-state index is 0.0219. The molecule has 0 aliphatic heterocycles. The molecule has 1 N–H and O–H groups in total. The fourth-order valence-corrected chi connectivity index (χ4v) is 1.67. The third-order valence-corrected chi connectivity index (χ3v) is 2.75. The van der Waals surface area contributed by atoms with Gasteiger partial charge in [-0.1, -0.05) is 32.6 Å². The molecule has 0 saturated carbocycles. The van der Waals surface area contributed by atoms with Crippen LogP contribution in [0.25, 0.3) is 0 Å². The summed E-state index contributed by atoms with van der Waals surface area (Å²) in [6.07, 6.45) is 1.33. The zero-order valence-corrected chi connectivity index (χ0v) is 12.3.